The van der Waals surface area contributed by atoms with Gasteiger partial charge in [0.25, 0.3) is 0 Å². The van der Waals surface area contributed by atoms with Gasteiger partial charge in [0.05, 0.1) is 12.1 Å². The van der Waals surface area contributed by atoms with Gasteiger partial charge in [-0.2, -0.15) is 0 Å². The van der Waals surface area contributed by atoms with Gasteiger partial charge < -0.3 is 29.5 Å². The summed E-state index contributed by atoms with van der Waals surface area (Å²) in [5, 5.41) is 14.2. The molecule has 2 aromatic carbocycles. The third kappa shape index (κ3) is 6.98. The fraction of sp³-hybridized carbons (Fsp3) is 0.500. The number of nitrogens with zero attached hydrogens (tertiary/aromatic N) is 1. The number of hydrogen-bond acceptors (Lipinski definition) is 7. The summed E-state index contributed by atoms with van der Waals surface area (Å²) in [5.74, 6) is 1.59. The molecule has 2 aliphatic rings. The van der Waals surface area contributed by atoms with Crippen LogP contribution >= 0.6 is 0 Å². The van der Waals surface area contributed by atoms with Gasteiger partial charge in [-0.25, -0.2) is 0 Å². The molecule has 2 aliphatic heterocycles. The first-order valence-electron chi connectivity index (χ1n) is 12.8. The van der Waals surface area contributed by atoms with Crippen LogP contribution in [0, 0.1) is 0 Å². The van der Waals surface area contributed by atoms with Crippen molar-refractivity contribution in [3.8, 4) is 17.2 Å². The van der Waals surface area contributed by atoms with Crippen LogP contribution < -0.4 is 19.5 Å². The predicted molar refractivity (Wildman–Crippen MR) is 136 cm³/mol. The minimum absolute atomic E-state index is 0.0490. The van der Waals surface area contributed by atoms with Crippen molar-refractivity contribution >= 4 is 11.7 Å². The van der Waals surface area contributed by atoms with E-state index in [0.29, 0.717) is 48.1 Å². The first kappa shape index (κ1) is 26.0. The molecule has 0 saturated carbocycles. The minimum Gasteiger partial charge on any atom is -0.491 e. The smallest absolute Gasteiger partial charge is 0.220 e. The molecule has 8 nitrogen and oxygen atoms in total. The first-order chi connectivity index (χ1) is 17.4. The summed E-state index contributed by atoms with van der Waals surface area (Å²) in [6.45, 7) is 7.26. The molecule has 1 saturated heterocycles. The monoisotopic (exact) mass is 496 g/mol. The summed E-state index contributed by atoms with van der Waals surface area (Å²) in [6.07, 6.45) is 1.49. The minimum atomic E-state index is -0.922. The highest BCUT2D eigenvalue weighted by Gasteiger charge is 2.28. The van der Waals surface area contributed by atoms with Crippen LogP contribution in [0.15, 0.2) is 42.5 Å². The number of benzene rings is 2. The maximum absolute atomic E-state index is 12.8. The number of fused-ring (bicyclic) bond motifs is 1. The van der Waals surface area contributed by atoms with Crippen LogP contribution in [0.2, 0.25) is 0 Å². The van der Waals surface area contributed by atoms with Gasteiger partial charge in [-0.1, -0.05) is 6.07 Å². The number of carbonyl (C=O) groups excluding carboxylic acids is 2. The zero-order valence-electron chi connectivity index (χ0n) is 21.1. The average Bonchev–Trinajstić information content (AvgIpc) is 3.39. The van der Waals surface area contributed by atoms with Gasteiger partial charge in [0, 0.05) is 24.9 Å². The van der Waals surface area contributed by atoms with Gasteiger partial charge in [0.15, 0.2) is 17.3 Å². The third-order valence-electron chi connectivity index (χ3n) is 6.42. The second kappa shape index (κ2) is 12.2. The van der Waals surface area contributed by atoms with Crippen LogP contribution in [0.1, 0.15) is 61.6 Å². The molecule has 8 heteroatoms. The predicted octanol–water partition coefficient (Wildman–Crippen LogP) is 3.52. The van der Waals surface area contributed by atoms with E-state index in [4.69, 9.17) is 14.2 Å². The lowest BCUT2D eigenvalue weighted by atomic mass is 10.00. The van der Waals surface area contributed by atoms with Crippen LogP contribution in [0.3, 0.4) is 0 Å². The van der Waals surface area contributed by atoms with Gasteiger partial charge in [-0.15, -0.1) is 0 Å². The second-order valence-electron chi connectivity index (χ2n) is 9.64. The Morgan fingerprint density at radius 1 is 1.00 bits per heavy atom. The average molecular weight is 497 g/mol. The van der Waals surface area contributed by atoms with Crippen molar-refractivity contribution in [1.82, 2.24) is 10.2 Å². The number of aliphatic hydroxyl groups excluding tert-OH is 1. The molecule has 2 aromatic rings. The number of Topliss-reactive ketones (excluding diaryl/α,β-unsaturated/α-hetero) is 1. The van der Waals surface area contributed by atoms with Crippen molar-refractivity contribution < 1.29 is 28.9 Å². The quantitative estimate of drug-likeness (QED) is 0.460. The number of aliphatic hydroxyl groups is 1. The summed E-state index contributed by atoms with van der Waals surface area (Å²) in [6, 6.07) is 11.8. The Morgan fingerprint density at radius 3 is 2.39 bits per heavy atom. The number of likely N-dealkylation sites (tertiary alicyclic amines) is 1. The summed E-state index contributed by atoms with van der Waals surface area (Å²) in [4.78, 5) is 27.7. The largest absolute Gasteiger partial charge is 0.491 e. The lowest BCUT2D eigenvalue weighted by Crippen LogP contribution is -2.46. The molecule has 36 heavy (non-hydrogen) atoms. The Morgan fingerprint density at radius 2 is 1.69 bits per heavy atom. The molecule has 0 unspecified atom stereocenters. The Kier molecular flexibility index (Phi) is 8.83. The number of carbonyl (C=O) groups is 2. The Bertz CT molecular complexity index is 1030. The Balaban J connectivity index is 1.37. The summed E-state index contributed by atoms with van der Waals surface area (Å²) in [7, 11) is 0. The van der Waals surface area contributed by atoms with Crippen molar-refractivity contribution in [2.24, 2.45) is 0 Å². The van der Waals surface area contributed by atoms with Crippen molar-refractivity contribution in [2.75, 3.05) is 32.8 Å². The highest BCUT2D eigenvalue weighted by atomic mass is 16.6. The molecule has 4 rings (SSSR count). The van der Waals surface area contributed by atoms with Crippen molar-refractivity contribution in [1.29, 1.82) is 0 Å². The zero-order valence-corrected chi connectivity index (χ0v) is 21.1. The van der Waals surface area contributed by atoms with Gasteiger partial charge in [-0.05, 0) is 81.7 Å². The third-order valence-corrected chi connectivity index (χ3v) is 6.42. The summed E-state index contributed by atoms with van der Waals surface area (Å²) >= 11 is 0. The van der Waals surface area contributed by atoms with E-state index in [1.807, 2.05) is 13.8 Å². The molecule has 2 heterocycles. The lowest BCUT2D eigenvalue weighted by molar-refractivity contribution is -0.122. The van der Waals surface area contributed by atoms with E-state index in [0.717, 1.165) is 25.9 Å². The number of ether oxygens (including phenoxy) is 3. The highest BCUT2D eigenvalue weighted by Crippen LogP contribution is 2.33. The van der Waals surface area contributed by atoms with E-state index in [2.05, 4.69) is 10.2 Å². The molecule has 2 atom stereocenters. The molecule has 1 amide bonds. The number of ketones is 1. The van der Waals surface area contributed by atoms with Crippen LogP contribution in [-0.2, 0) is 4.79 Å². The Hall–Kier alpha value is -3.10. The molecule has 194 valence electrons. The fourth-order valence-corrected chi connectivity index (χ4v) is 4.59. The van der Waals surface area contributed by atoms with Gasteiger partial charge in [0.1, 0.15) is 25.1 Å². The Labute approximate surface area is 212 Å². The molecular weight excluding hydrogens is 460 g/mol. The maximum atomic E-state index is 12.8. The van der Waals surface area contributed by atoms with E-state index < -0.39 is 12.1 Å². The first-order valence-corrected chi connectivity index (χ1v) is 12.8. The van der Waals surface area contributed by atoms with E-state index in [1.165, 1.54) is 0 Å². The fourth-order valence-electron chi connectivity index (χ4n) is 4.59. The lowest BCUT2D eigenvalue weighted by Gasteiger charge is -2.29. The molecule has 0 spiro atoms. The highest BCUT2D eigenvalue weighted by molar-refractivity contribution is 5.98. The molecular formula is C28H36N2O6. The van der Waals surface area contributed by atoms with Crippen LogP contribution in [0.25, 0.3) is 0 Å². The van der Waals surface area contributed by atoms with Gasteiger partial charge >= 0.3 is 0 Å². The van der Waals surface area contributed by atoms with Crippen LogP contribution in [-0.4, -0.2) is 66.7 Å². The SMILES string of the molecule is CC(C)Oc1ccc(C(=O)CCC(=O)N[C@H](CN2CCCC2)[C@@H](O)c2ccc3c(c2)OCCO3)cc1. The molecule has 2 N–H and O–H groups in total. The van der Waals surface area contributed by atoms with E-state index in [1.54, 1.807) is 42.5 Å². The van der Waals surface area contributed by atoms with Crippen LogP contribution in [0.4, 0.5) is 0 Å². The van der Waals surface area contributed by atoms with Gasteiger partial charge in [0.2, 0.25) is 5.91 Å². The summed E-state index contributed by atoms with van der Waals surface area (Å²) in [5.41, 5.74) is 1.20. The number of hydrogen-bond donors (Lipinski definition) is 2. The topological polar surface area (TPSA) is 97.3 Å². The molecule has 0 aliphatic carbocycles. The normalized spacial score (nSPS) is 17.0. The number of amides is 1. The van der Waals surface area contributed by atoms with E-state index in [-0.39, 0.29) is 30.6 Å². The molecule has 0 aromatic heterocycles. The van der Waals surface area contributed by atoms with Crippen LogP contribution in [0.5, 0.6) is 17.2 Å². The standard InChI is InChI=1S/C28H36N2O6/c1-19(2)36-22-8-5-20(6-9-22)24(31)10-12-27(32)29-23(18-30-13-3-4-14-30)28(33)21-7-11-25-26(17-21)35-16-15-34-25/h5-9,11,17,19,23,28,33H,3-4,10,12-16,18H2,1-2H3,(H,29,32)/t23-,28+/m1/s1. The van der Waals surface area contributed by atoms with Crippen molar-refractivity contribution in [3.05, 3.63) is 53.6 Å². The number of rotatable bonds is 11. The van der Waals surface area contributed by atoms with E-state index >= 15 is 0 Å². The van der Waals surface area contributed by atoms with Crippen molar-refractivity contribution in [3.63, 3.8) is 0 Å². The maximum Gasteiger partial charge on any atom is 0.220 e. The zero-order chi connectivity index (χ0) is 25.5. The molecule has 0 bridgehead atoms. The molecule has 0 radical (unpaired) electrons. The number of nitrogens with one attached hydrogen (secondary N) is 1. The van der Waals surface area contributed by atoms with E-state index in [9.17, 15) is 14.7 Å². The van der Waals surface area contributed by atoms with Gasteiger partial charge in [-0.3, -0.25) is 9.59 Å². The molecule has 1 fully saturated rings. The summed E-state index contributed by atoms with van der Waals surface area (Å²) < 4.78 is 16.9. The second-order valence-corrected chi connectivity index (χ2v) is 9.64. The van der Waals surface area contributed by atoms with Crippen molar-refractivity contribution in [2.45, 2.75) is 57.8 Å².